The van der Waals surface area contributed by atoms with E-state index in [2.05, 4.69) is 135 Å². The largest absolute Gasteiger partial charge is 0.756 e. The second-order valence-corrected chi connectivity index (χ2v) is 26.6. The maximum atomic E-state index is 12.9. The molecular formula is C78H136NO8P. The van der Waals surface area contributed by atoms with Gasteiger partial charge in [-0.25, -0.2) is 0 Å². The van der Waals surface area contributed by atoms with Crippen LogP contribution in [0.4, 0.5) is 0 Å². The first-order chi connectivity index (χ1) is 43.0. The Bertz CT molecular complexity index is 1900. The number of phosphoric acid groups is 1. The van der Waals surface area contributed by atoms with Crippen molar-refractivity contribution >= 4 is 19.8 Å². The molecule has 0 aliphatic rings. The number of hydrogen-bond donors (Lipinski definition) is 0. The monoisotopic (exact) mass is 1250 g/mol. The van der Waals surface area contributed by atoms with Crippen LogP contribution in [0.15, 0.2) is 122 Å². The lowest BCUT2D eigenvalue weighted by Crippen LogP contribution is -2.37. The summed E-state index contributed by atoms with van der Waals surface area (Å²) in [6.07, 6.45) is 97.1. The molecule has 506 valence electrons. The number of carbonyl (C=O) groups is 2. The number of unbranched alkanes of at least 4 members (excludes halogenated alkanes) is 32. The van der Waals surface area contributed by atoms with Crippen molar-refractivity contribution in [3.8, 4) is 0 Å². The third kappa shape index (κ3) is 71.5. The molecule has 2 unspecified atom stereocenters. The Balaban J connectivity index is 4.01. The van der Waals surface area contributed by atoms with Crippen LogP contribution in [0.3, 0.4) is 0 Å². The quantitative estimate of drug-likeness (QED) is 0.0195. The van der Waals surface area contributed by atoms with E-state index in [1.165, 1.54) is 180 Å². The SMILES string of the molecule is CC/C=C\C/C=C\C/C=C\C/C=C\C/C=C\C/C=C\C/C=C\C/C=C\CCCCCCCCCCCCCCCCCCC(=O)OC(COC(=O)CCCCCCCCCCCCC/C=C\C/C=C\CCCCCCC)COP(=O)([O-])OCC[N+](C)(C)C. The van der Waals surface area contributed by atoms with E-state index in [0.29, 0.717) is 17.4 Å². The first-order valence-corrected chi connectivity index (χ1v) is 37.7. The van der Waals surface area contributed by atoms with Crippen molar-refractivity contribution in [2.24, 2.45) is 0 Å². The van der Waals surface area contributed by atoms with Crippen molar-refractivity contribution in [1.29, 1.82) is 0 Å². The predicted octanol–water partition coefficient (Wildman–Crippen LogP) is 23.2. The van der Waals surface area contributed by atoms with Crippen LogP contribution in [0.1, 0.15) is 309 Å². The fourth-order valence-corrected chi connectivity index (χ4v) is 10.7. The van der Waals surface area contributed by atoms with Crippen molar-refractivity contribution < 1.29 is 42.1 Å². The maximum absolute atomic E-state index is 12.9. The number of nitrogens with zero attached hydrogens (tertiary/aromatic N) is 1. The molecule has 0 radical (unpaired) electrons. The van der Waals surface area contributed by atoms with Crippen LogP contribution in [0.5, 0.6) is 0 Å². The van der Waals surface area contributed by atoms with Crippen LogP contribution in [0, 0.1) is 0 Å². The molecule has 88 heavy (non-hydrogen) atoms. The summed E-state index contributed by atoms with van der Waals surface area (Å²) in [4.78, 5) is 38.1. The zero-order valence-electron chi connectivity index (χ0n) is 57.6. The van der Waals surface area contributed by atoms with Crippen molar-refractivity contribution in [1.82, 2.24) is 0 Å². The molecule has 0 bridgehead atoms. The highest BCUT2D eigenvalue weighted by molar-refractivity contribution is 7.45. The maximum Gasteiger partial charge on any atom is 0.306 e. The van der Waals surface area contributed by atoms with E-state index in [4.69, 9.17) is 18.5 Å². The number of allylic oxidation sites excluding steroid dienone is 20. The molecule has 0 amide bonds. The Kier molecular flexibility index (Phi) is 65.0. The van der Waals surface area contributed by atoms with Gasteiger partial charge < -0.3 is 27.9 Å². The molecule has 0 aromatic rings. The second-order valence-electron chi connectivity index (χ2n) is 25.2. The van der Waals surface area contributed by atoms with E-state index >= 15 is 0 Å². The predicted molar refractivity (Wildman–Crippen MR) is 378 cm³/mol. The second kappa shape index (κ2) is 67.8. The highest BCUT2D eigenvalue weighted by atomic mass is 31.2. The molecule has 9 nitrogen and oxygen atoms in total. The van der Waals surface area contributed by atoms with Crippen LogP contribution in [-0.4, -0.2) is 70.0 Å². The molecule has 0 aliphatic heterocycles. The van der Waals surface area contributed by atoms with Gasteiger partial charge in [-0.3, -0.25) is 14.2 Å². The zero-order chi connectivity index (χ0) is 64.1. The topological polar surface area (TPSA) is 111 Å². The fourth-order valence-electron chi connectivity index (χ4n) is 9.94. The van der Waals surface area contributed by atoms with E-state index in [9.17, 15) is 19.0 Å². The molecular weight excluding hydrogens is 1110 g/mol. The normalized spacial score (nSPS) is 13.8. The van der Waals surface area contributed by atoms with Crippen LogP contribution in [-0.2, 0) is 32.7 Å². The number of phosphoric ester groups is 1. The summed E-state index contributed by atoms with van der Waals surface area (Å²) in [6.45, 7) is 4.14. The molecule has 0 saturated carbocycles. The average Bonchev–Trinajstić information content (AvgIpc) is 3.58. The minimum atomic E-state index is -4.65. The van der Waals surface area contributed by atoms with Crippen molar-refractivity contribution in [2.45, 2.75) is 315 Å². The summed E-state index contributed by atoms with van der Waals surface area (Å²) in [5.41, 5.74) is 0. The Morgan fingerprint density at radius 2 is 0.648 bits per heavy atom. The van der Waals surface area contributed by atoms with Crippen LogP contribution >= 0.6 is 7.82 Å². The van der Waals surface area contributed by atoms with Crippen LogP contribution in [0.2, 0.25) is 0 Å². The molecule has 2 atom stereocenters. The first-order valence-electron chi connectivity index (χ1n) is 36.2. The van der Waals surface area contributed by atoms with Gasteiger partial charge in [0.05, 0.1) is 27.7 Å². The number of hydrogen-bond acceptors (Lipinski definition) is 8. The summed E-state index contributed by atoms with van der Waals surface area (Å²) < 4.78 is 34.3. The molecule has 0 fully saturated rings. The average molecular weight is 1250 g/mol. The number of esters is 2. The van der Waals surface area contributed by atoms with Crippen LogP contribution < -0.4 is 4.89 Å². The standard InChI is InChI=1S/C78H136NO8P/c1-6-8-10-12-14-16-18-20-22-24-26-28-30-31-32-33-34-35-36-37-38-39-40-41-42-43-44-45-46-47-49-51-53-55-57-59-61-63-65-67-69-71-78(81)87-76(75-86-88(82,83)85-73-72-79(3,4)5)74-84-77(80)70-68-66-64-62-60-58-56-54-52-50-48-29-27-25-23-21-19-17-15-13-11-9-7-2/h8,10,14,16,19-22,25-28,31-32,34-35,37-38,40-41,76H,6-7,9,11-13,15,17-18,23-24,29-30,33,36,39,42-75H2,1-5H3/b10-8-,16-14-,21-19-,22-20-,27-25-,28-26-,32-31-,35-34-,38-37-,41-40-. The fraction of sp³-hybridized carbons (Fsp3) is 0.718. The minimum absolute atomic E-state index is 0.0341. The van der Waals surface area contributed by atoms with E-state index in [1.807, 2.05) is 21.1 Å². The Morgan fingerprint density at radius 3 is 0.966 bits per heavy atom. The van der Waals surface area contributed by atoms with Gasteiger partial charge in [0, 0.05) is 12.8 Å². The van der Waals surface area contributed by atoms with E-state index in [1.54, 1.807) is 0 Å². The molecule has 0 saturated heterocycles. The lowest BCUT2D eigenvalue weighted by atomic mass is 10.0. The van der Waals surface area contributed by atoms with E-state index < -0.39 is 26.5 Å². The highest BCUT2D eigenvalue weighted by Gasteiger charge is 2.22. The Morgan fingerprint density at radius 1 is 0.364 bits per heavy atom. The molecule has 0 aliphatic carbocycles. The smallest absolute Gasteiger partial charge is 0.306 e. The van der Waals surface area contributed by atoms with Gasteiger partial charge in [0.15, 0.2) is 6.10 Å². The number of carbonyl (C=O) groups excluding carboxylic acids is 2. The van der Waals surface area contributed by atoms with Crippen molar-refractivity contribution in [3.63, 3.8) is 0 Å². The van der Waals surface area contributed by atoms with Gasteiger partial charge in [-0.05, 0) is 109 Å². The summed E-state index contributed by atoms with van der Waals surface area (Å²) in [5, 5.41) is 0. The first kappa shape index (κ1) is 84.4. The minimum Gasteiger partial charge on any atom is -0.756 e. The van der Waals surface area contributed by atoms with Gasteiger partial charge in [-0.1, -0.05) is 309 Å². The number of rotatable bonds is 66. The summed E-state index contributed by atoms with van der Waals surface area (Å²) in [5.74, 6) is -0.830. The van der Waals surface area contributed by atoms with Crippen molar-refractivity contribution in [2.75, 3.05) is 47.5 Å². The van der Waals surface area contributed by atoms with Gasteiger partial charge in [-0.2, -0.15) is 0 Å². The van der Waals surface area contributed by atoms with Crippen molar-refractivity contribution in [3.05, 3.63) is 122 Å². The third-order valence-corrected chi connectivity index (χ3v) is 16.4. The molecule has 0 aromatic carbocycles. The van der Waals surface area contributed by atoms with Crippen LogP contribution in [0.25, 0.3) is 0 Å². The van der Waals surface area contributed by atoms with Gasteiger partial charge in [-0.15, -0.1) is 0 Å². The number of ether oxygens (including phenoxy) is 2. The van der Waals surface area contributed by atoms with Gasteiger partial charge in [0.1, 0.15) is 19.8 Å². The molecule has 10 heteroatoms. The van der Waals surface area contributed by atoms with Gasteiger partial charge >= 0.3 is 11.9 Å². The summed E-state index contributed by atoms with van der Waals surface area (Å²) in [7, 11) is 1.16. The van der Waals surface area contributed by atoms with Gasteiger partial charge in [0.2, 0.25) is 0 Å². The van der Waals surface area contributed by atoms with E-state index in [-0.39, 0.29) is 32.0 Å². The molecule has 0 N–H and O–H groups in total. The Labute approximate surface area is 543 Å². The highest BCUT2D eigenvalue weighted by Crippen LogP contribution is 2.38. The molecule has 0 aromatic heterocycles. The number of likely N-dealkylation sites (N-methyl/N-ethyl adjacent to an activating group) is 1. The summed E-state index contributed by atoms with van der Waals surface area (Å²) >= 11 is 0. The lowest BCUT2D eigenvalue weighted by molar-refractivity contribution is -0.870. The Hall–Kier alpha value is -3.59. The zero-order valence-corrected chi connectivity index (χ0v) is 58.5. The number of quaternary nitrogens is 1. The molecule has 0 heterocycles. The molecule has 0 spiro atoms. The van der Waals surface area contributed by atoms with E-state index in [0.717, 1.165) is 96.3 Å². The lowest BCUT2D eigenvalue weighted by Gasteiger charge is -2.28. The van der Waals surface area contributed by atoms with Gasteiger partial charge in [0.25, 0.3) is 7.82 Å². The summed E-state index contributed by atoms with van der Waals surface area (Å²) in [6, 6.07) is 0. The molecule has 0 rings (SSSR count). The third-order valence-electron chi connectivity index (χ3n) is 15.5.